The summed E-state index contributed by atoms with van der Waals surface area (Å²) >= 11 is 0. The SMILES string of the molecule is CCCCCC(C)(O)CCOC. The third kappa shape index (κ3) is 6.62. The van der Waals surface area contributed by atoms with Crippen molar-refractivity contribution in [3.05, 3.63) is 0 Å². The minimum Gasteiger partial charge on any atom is -0.390 e. The normalized spacial score (nSPS) is 16.0. The fourth-order valence-corrected chi connectivity index (χ4v) is 1.20. The number of unbranched alkanes of at least 4 members (excludes halogenated alkanes) is 2. The van der Waals surface area contributed by atoms with Crippen LogP contribution >= 0.6 is 0 Å². The summed E-state index contributed by atoms with van der Waals surface area (Å²) in [6, 6.07) is 0. The molecule has 0 heterocycles. The van der Waals surface area contributed by atoms with Crippen molar-refractivity contribution in [2.75, 3.05) is 13.7 Å². The Hall–Kier alpha value is -0.0800. The summed E-state index contributed by atoms with van der Waals surface area (Å²) in [7, 11) is 1.67. The van der Waals surface area contributed by atoms with Crippen molar-refractivity contribution in [2.45, 2.75) is 51.6 Å². The van der Waals surface area contributed by atoms with E-state index in [0.717, 1.165) is 19.3 Å². The van der Waals surface area contributed by atoms with E-state index in [4.69, 9.17) is 4.74 Å². The van der Waals surface area contributed by atoms with Crippen molar-refractivity contribution in [1.29, 1.82) is 0 Å². The number of methoxy groups -OCH3 is 1. The van der Waals surface area contributed by atoms with Crippen molar-refractivity contribution in [3.8, 4) is 0 Å². The quantitative estimate of drug-likeness (QED) is 0.600. The Labute approximate surface area is 75.9 Å². The summed E-state index contributed by atoms with van der Waals surface area (Å²) in [5.74, 6) is 0. The van der Waals surface area contributed by atoms with Crippen LogP contribution in [0.2, 0.25) is 0 Å². The van der Waals surface area contributed by atoms with Crippen molar-refractivity contribution in [2.24, 2.45) is 0 Å². The zero-order valence-corrected chi connectivity index (χ0v) is 8.60. The molecule has 0 fully saturated rings. The monoisotopic (exact) mass is 174 g/mol. The average Bonchev–Trinajstić information content (AvgIpc) is 2.01. The zero-order valence-electron chi connectivity index (χ0n) is 8.60. The molecule has 0 saturated carbocycles. The number of rotatable bonds is 7. The van der Waals surface area contributed by atoms with Gasteiger partial charge in [0, 0.05) is 13.7 Å². The predicted octanol–water partition coefficient (Wildman–Crippen LogP) is 2.35. The summed E-state index contributed by atoms with van der Waals surface area (Å²) in [6.45, 7) is 4.71. The molecule has 0 aliphatic rings. The maximum atomic E-state index is 9.79. The Bertz CT molecular complexity index is 100. The maximum Gasteiger partial charge on any atom is 0.0641 e. The van der Waals surface area contributed by atoms with E-state index in [9.17, 15) is 5.11 Å². The van der Waals surface area contributed by atoms with Crippen molar-refractivity contribution < 1.29 is 9.84 Å². The van der Waals surface area contributed by atoms with Gasteiger partial charge in [-0.1, -0.05) is 26.2 Å². The molecule has 1 atom stereocenters. The van der Waals surface area contributed by atoms with E-state index in [1.807, 2.05) is 6.92 Å². The van der Waals surface area contributed by atoms with Crippen molar-refractivity contribution in [3.63, 3.8) is 0 Å². The molecule has 2 heteroatoms. The van der Waals surface area contributed by atoms with E-state index in [1.165, 1.54) is 12.8 Å². The van der Waals surface area contributed by atoms with Gasteiger partial charge in [0.25, 0.3) is 0 Å². The third-order valence-corrected chi connectivity index (χ3v) is 2.16. The maximum absolute atomic E-state index is 9.79. The highest BCUT2D eigenvalue weighted by atomic mass is 16.5. The molecule has 74 valence electrons. The molecule has 0 spiro atoms. The Morgan fingerprint density at radius 3 is 2.42 bits per heavy atom. The molecule has 0 aliphatic heterocycles. The van der Waals surface area contributed by atoms with Gasteiger partial charge in [-0.05, 0) is 19.8 Å². The first-order chi connectivity index (χ1) is 5.62. The van der Waals surface area contributed by atoms with Gasteiger partial charge in [-0.25, -0.2) is 0 Å². The lowest BCUT2D eigenvalue weighted by molar-refractivity contribution is 0.0153. The highest BCUT2D eigenvalue weighted by Gasteiger charge is 2.18. The molecule has 0 aromatic rings. The molecule has 0 rings (SSSR count). The topological polar surface area (TPSA) is 29.5 Å². The van der Waals surface area contributed by atoms with Gasteiger partial charge in [-0.2, -0.15) is 0 Å². The number of ether oxygens (including phenoxy) is 1. The predicted molar refractivity (Wildman–Crippen MR) is 51.3 cm³/mol. The molecule has 12 heavy (non-hydrogen) atoms. The third-order valence-electron chi connectivity index (χ3n) is 2.16. The van der Waals surface area contributed by atoms with Gasteiger partial charge >= 0.3 is 0 Å². The molecule has 0 saturated heterocycles. The van der Waals surface area contributed by atoms with E-state index in [1.54, 1.807) is 7.11 Å². The standard InChI is InChI=1S/C10H22O2/c1-4-5-6-7-10(2,11)8-9-12-3/h11H,4-9H2,1-3H3. The minimum atomic E-state index is -0.523. The van der Waals surface area contributed by atoms with Gasteiger partial charge in [0.15, 0.2) is 0 Å². The average molecular weight is 174 g/mol. The van der Waals surface area contributed by atoms with Crippen LogP contribution in [-0.2, 0) is 4.74 Å². The molecule has 0 aromatic carbocycles. The van der Waals surface area contributed by atoms with Gasteiger partial charge in [0.1, 0.15) is 0 Å². The van der Waals surface area contributed by atoms with E-state index >= 15 is 0 Å². The van der Waals surface area contributed by atoms with Gasteiger partial charge in [-0.15, -0.1) is 0 Å². The van der Waals surface area contributed by atoms with E-state index in [2.05, 4.69) is 6.92 Å². The Balaban J connectivity index is 3.42. The summed E-state index contributed by atoms with van der Waals surface area (Å²) in [4.78, 5) is 0. The lowest BCUT2D eigenvalue weighted by atomic mass is 9.95. The van der Waals surface area contributed by atoms with Gasteiger partial charge in [0.2, 0.25) is 0 Å². The first-order valence-corrected chi connectivity index (χ1v) is 4.83. The van der Waals surface area contributed by atoms with Crippen molar-refractivity contribution >= 4 is 0 Å². The Kier molecular flexibility index (Phi) is 6.39. The fraction of sp³-hybridized carbons (Fsp3) is 1.00. The molecule has 0 radical (unpaired) electrons. The summed E-state index contributed by atoms with van der Waals surface area (Å²) < 4.78 is 4.92. The van der Waals surface area contributed by atoms with Crippen molar-refractivity contribution in [1.82, 2.24) is 0 Å². The summed E-state index contributed by atoms with van der Waals surface area (Å²) in [5, 5.41) is 9.79. The zero-order chi connectivity index (χ0) is 9.45. The van der Waals surface area contributed by atoms with Gasteiger partial charge < -0.3 is 9.84 Å². The van der Waals surface area contributed by atoms with Crippen LogP contribution < -0.4 is 0 Å². The molecule has 0 aromatic heterocycles. The molecule has 0 bridgehead atoms. The second-order valence-electron chi connectivity index (χ2n) is 3.70. The minimum absolute atomic E-state index is 0.523. The van der Waals surface area contributed by atoms with Crippen LogP contribution in [0.15, 0.2) is 0 Å². The summed E-state index contributed by atoms with van der Waals surface area (Å²) in [5.41, 5.74) is -0.523. The highest BCUT2D eigenvalue weighted by Crippen LogP contribution is 2.18. The first-order valence-electron chi connectivity index (χ1n) is 4.83. The fourth-order valence-electron chi connectivity index (χ4n) is 1.20. The highest BCUT2D eigenvalue weighted by molar-refractivity contribution is 4.71. The molecular formula is C10H22O2. The number of hydrogen-bond donors (Lipinski definition) is 1. The van der Waals surface area contributed by atoms with Crippen LogP contribution in [-0.4, -0.2) is 24.4 Å². The van der Waals surface area contributed by atoms with Crippen LogP contribution in [0.3, 0.4) is 0 Å². The molecular weight excluding hydrogens is 152 g/mol. The number of aliphatic hydroxyl groups is 1. The van der Waals surface area contributed by atoms with E-state index in [0.29, 0.717) is 6.61 Å². The van der Waals surface area contributed by atoms with Crippen LogP contribution in [0.25, 0.3) is 0 Å². The molecule has 1 unspecified atom stereocenters. The smallest absolute Gasteiger partial charge is 0.0641 e. The van der Waals surface area contributed by atoms with Crippen LogP contribution in [0.1, 0.15) is 46.0 Å². The van der Waals surface area contributed by atoms with Crippen LogP contribution in [0.4, 0.5) is 0 Å². The molecule has 1 N–H and O–H groups in total. The lowest BCUT2D eigenvalue weighted by Crippen LogP contribution is -2.25. The molecule has 2 nitrogen and oxygen atoms in total. The van der Waals surface area contributed by atoms with Gasteiger partial charge in [0.05, 0.1) is 5.60 Å². The van der Waals surface area contributed by atoms with Gasteiger partial charge in [-0.3, -0.25) is 0 Å². The first kappa shape index (κ1) is 11.9. The van der Waals surface area contributed by atoms with Crippen LogP contribution in [0.5, 0.6) is 0 Å². The summed E-state index contributed by atoms with van der Waals surface area (Å²) in [6.07, 6.45) is 5.17. The Morgan fingerprint density at radius 2 is 1.92 bits per heavy atom. The van der Waals surface area contributed by atoms with E-state index in [-0.39, 0.29) is 0 Å². The molecule has 0 aliphatic carbocycles. The largest absolute Gasteiger partial charge is 0.390 e. The second kappa shape index (κ2) is 6.44. The van der Waals surface area contributed by atoms with E-state index < -0.39 is 5.60 Å². The second-order valence-corrected chi connectivity index (χ2v) is 3.70. The van der Waals surface area contributed by atoms with Crippen LogP contribution in [0, 0.1) is 0 Å². The molecule has 0 amide bonds. The Morgan fingerprint density at radius 1 is 1.25 bits per heavy atom. The number of hydrogen-bond acceptors (Lipinski definition) is 2. The lowest BCUT2D eigenvalue weighted by Gasteiger charge is -2.22.